The Labute approximate surface area is 83.8 Å². The van der Waals surface area contributed by atoms with Crippen LogP contribution in [0.15, 0.2) is 24.4 Å². The van der Waals surface area contributed by atoms with Gasteiger partial charge in [0.15, 0.2) is 0 Å². The molecule has 0 spiro atoms. The summed E-state index contributed by atoms with van der Waals surface area (Å²) in [4.78, 5) is 17.6. The van der Waals surface area contributed by atoms with Crippen LogP contribution >= 0.6 is 0 Å². The van der Waals surface area contributed by atoms with Gasteiger partial charge in [0.25, 0.3) is 0 Å². The predicted molar refractivity (Wildman–Crippen MR) is 53.4 cm³/mol. The van der Waals surface area contributed by atoms with E-state index in [1.165, 1.54) is 0 Å². The van der Waals surface area contributed by atoms with E-state index < -0.39 is 0 Å². The van der Waals surface area contributed by atoms with Crippen LogP contribution in [0, 0.1) is 5.92 Å². The summed E-state index contributed by atoms with van der Waals surface area (Å²) in [6.07, 6.45) is 3.88. The van der Waals surface area contributed by atoms with Crippen molar-refractivity contribution < 1.29 is 4.79 Å². The maximum absolute atomic E-state index is 11.6. The summed E-state index contributed by atoms with van der Waals surface area (Å²) >= 11 is 0. The molecular weight excluding hydrogens is 176 g/mol. The van der Waals surface area contributed by atoms with Gasteiger partial charge in [0, 0.05) is 19.2 Å². The van der Waals surface area contributed by atoms with Gasteiger partial charge in [0.1, 0.15) is 0 Å². The van der Waals surface area contributed by atoms with Gasteiger partial charge in [-0.3, -0.25) is 9.78 Å². The van der Waals surface area contributed by atoms with Crippen LogP contribution in [0.5, 0.6) is 0 Å². The summed E-state index contributed by atoms with van der Waals surface area (Å²) in [5.41, 5.74) is 0.948. The average molecular weight is 190 g/mol. The van der Waals surface area contributed by atoms with Crippen molar-refractivity contribution in [2.45, 2.75) is 19.4 Å². The summed E-state index contributed by atoms with van der Waals surface area (Å²) in [7, 11) is 1.84. The second-order valence-corrected chi connectivity index (χ2v) is 3.79. The van der Waals surface area contributed by atoms with Crippen molar-refractivity contribution in [3.8, 4) is 0 Å². The summed E-state index contributed by atoms with van der Waals surface area (Å²) < 4.78 is 0. The topological polar surface area (TPSA) is 33.2 Å². The summed E-state index contributed by atoms with van der Waals surface area (Å²) in [6.45, 7) is 0.621. The molecule has 0 aromatic carbocycles. The standard InChI is InChI=1S/C11H14N2O/c1-13(11(14)9-5-6-9)8-10-4-2-3-7-12-10/h2-4,7,9H,5-6,8H2,1H3. The minimum atomic E-state index is 0.260. The number of rotatable bonds is 3. The SMILES string of the molecule is CN(Cc1ccccn1)C(=O)C1CC1. The number of carbonyl (C=O) groups excluding carboxylic acids is 1. The molecule has 0 aliphatic heterocycles. The zero-order valence-corrected chi connectivity index (χ0v) is 8.31. The van der Waals surface area contributed by atoms with Crippen LogP contribution in [0.4, 0.5) is 0 Å². The van der Waals surface area contributed by atoms with Gasteiger partial charge in [-0.1, -0.05) is 6.07 Å². The molecule has 0 radical (unpaired) electrons. The first-order valence-corrected chi connectivity index (χ1v) is 4.92. The van der Waals surface area contributed by atoms with Gasteiger partial charge in [-0.05, 0) is 25.0 Å². The van der Waals surface area contributed by atoms with Crippen molar-refractivity contribution >= 4 is 5.91 Å². The highest BCUT2D eigenvalue weighted by Gasteiger charge is 2.31. The Kier molecular flexibility index (Phi) is 2.48. The molecule has 0 atom stereocenters. The Morgan fingerprint density at radius 2 is 2.36 bits per heavy atom. The Bertz CT molecular complexity index is 319. The molecule has 2 rings (SSSR count). The molecule has 0 unspecified atom stereocenters. The first-order chi connectivity index (χ1) is 6.77. The van der Waals surface area contributed by atoms with Crippen LogP contribution in [-0.4, -0.2) is 22.8 Å². The maximum Gasteiger partial charge on any atom is 0.225 e. The van der Waals surface area contributed by atoms with Crippen molar-refractivity contribution in [3.05, 3.63) is 30.1 Å². The molecule has 0 N–H and O–H groups in total. The number of amides is 1. The van der Waals surface area contributed by atoms with Gasteiger partial charge in [0.2, 0.25) is 5.91 Å². The number of pyridine rings is 1. The minimum Gasteiger partial charge on any atom is -0.340 e. The number of hydrogen-bond acceptors (Lipinski definition) is 2. The van der Waals surface area contributed by atoms with Gasteiger partial charge in [-0.25, -0.2) is 0 Å². The third kappa shape index (κ3) is 2.10. The van der Waals surface area contributed by atoms with Crippen molar-refractivity contribution in [1.82, 2.24) is 9.88 Å². The molecule has 1 aromatic heterocycles. The first-order valence-electron chi connectivity index (χ1n) is 4.92. The fraction of sp³-hybridized carbons (Fsp3) is 0.455. The van der Waals surface area contributed by atoms with E-state index in [1.807, 2.05) is 25.2 Å². The van der Waals surface area contributed by atoms with E-state index in [-0.39, 0.29) is 5.91 Å². The molecule has 74 valence electrons. The lowest BCUT2D eigenvalue weighted by Crippen LogP contribution is -2.27. The highest BCUT2D eigenvalue weighted by Crippen LogP contribution is 2.30. The smallest absolute Gasteiger partial charge is 0.225 e. The summed E-state index contributed by atoms with van der Waals surface area (Å²) in [5, 5.41) is 0. The Morgan fingerprint density at radius 1 is 1.57 bits per heavy atom. The van der Waals surface area contributed by atoms with Crippen molar-refractivity contribution in [2.24, 2.45) is 5.92 Å². The lowest BCUT2D eigenvalue weighted by molar-refractivity contribution is -0.131. The minimum absolute atomic E-state index is 0.260. The molecular formula is C11H14N2O. The van der Waals surface area contributed by atoms with Gasteiger partial charge < -0.3 is 4.90 Å². The second kappa shape index (κ2) is 3.78. The first kappa shape index (κ1) is 9.19. The summed E-state index contributed by atoms with van der Waals surface area (Å²) in [6, 6.07) is 5.76. The molecule has 1 aliphatic rings. The lowest BCUT2D eigenvalue weighted by atomic mass is 10.3. The van der Waals surface area contributed by atoms with Crippen molar-refractivity contribution in [3.63, 3.8) is 0 Å². The van der Waals surface area contributed by atoms with Gasteiger partial charge >= 0.3 is 0 Å². The van der Waals surface area contributed by atoms with E-state index in [1.54, 1.807) is 11.1 Å². The monoisotopic (exact) mass is 190 g/mol. The quantitative estimate of drug-likeness (QED) is 0.722. The second-order valence-electron chi connectivity index (χ2n) is 3.79. The molecule has 0 bridgehead atoms. The molecule has 1 saturated carbocycles. The summed E-state index contributed by atoms with van der Waals surface area (Å²) in [5.74, 6) is 0.555. The number of hydrogen-bond donors (Lipinski definition) is 0. The average Bonchev–Trinajstić information content (AvgIpc) is 3.01. The number of carbonyl (C=O) groups is 1. The third-order valence-corrected chi connectivity index (χ3v) is 2.43. The normalized spacial score (nSPS) is 15.2. The molecule has 1 aliphatic carbocycles. The molecule has 14 heavy (non-hydrogen) atoms. The fourth-order valence-electron chi connectivity index (χ4n) is 1.45. The zero-order valence-electron chi connectivity index (χ0n) is 8.31. The van der Waals surface area contributed by atoms with Crippen molar-refractivity contribution in [2.75, 3.05) is 7.05 Å². The van der Waals surface area contributed by atoms with E-state index in [2.05, 4.69) is 4.98 Å². The van der Waals surface area contributed by atoms with E-state index in [4.69, 9.17) is 0 Å². The largest absolute Gasteiger partial charge is 0.340 e. The highest BCUT2D eigenvalue weighted by atomic mass is 16.2. The fourth-order valence-corrected chi connectivity index (χ4v) is 1.45. The Morgan fingerprint density at radius 3 is 2.93 bits per heavy atom. The maximum atomic E-state index is 11.6. The third-order valence-electron chi connectivity index (χ3n) is 2.43. The Balaban J connectivity index is 1.93. The molecule has 1 fully saturated rings. The molecule has 1 amide bonds. The molecule has 1 heterocycles. The highest BCUT2D eigenvalue weighted by molar-refractivity contribution is 5.80. The van der Waals surface area contributed by atoms with Crippen LogP contribution in [-0.2, 0) is 11.3 Å². The molecule has 0 saturated heterocycles. The van der Waals surface area contributed by atoms with Gasteiger partial charge in [0.05, 0.1) is 12.2 Å². The van der Waals surface area contributed by atoms with Crippen LogP contribution < -0.4 is 0 Å². The van der Waals surface area contributed by atoms with Gasteiger partial charge in [-0.15, -0.1) is 0 Å². The Hall–Kier alpha value is -1.38. The van der Waals surface area contributed by atoms with Gasteiger partial charge in [-0.2, -0.15) is 0 Å². The number of nitrogens with zero attached hydrogens (tertiary/aromatic N) is 2. The van der Waals surface area contributed by atoms with Crippen LogP contribution in [0.2, 0.25) is 0 Å². The van der Waals surface area contributed by atoms with E-state index in [0.717, 1.165) is 18.5 Å². The zero-order chi connectivity index (χ0) is 9.97. The lowest BCUT2D eigenvalue weighted by Gasteiger charge is -2.15. The van der Waals surface area contributed by atoms with E-state index in [0.29, 0.717) is 12.5 Å². The van der Waals surface area contributed by atoms with Crippen LogP contribution in [0.25, 0.3) is 0 Å². The molecule has 1 aromatic rings. The van der Waals surface area contributed by atoms with E-state index >= 15 is 0 Å². The van der Waals surface area contributed by atoms with Crippen molar-refractivity contribution in [1.29, 1.82) is 0 Å². The molecule has 3 nitrogen and oxygen atoms in total. The van der Waals surface area contributed by atoms with E-state index in [9.17, 15) is 4.79 Å². The van der Waals surface area contributed by atoms with Crippen LogP contribution in [0.3, 0.4) is 0 Å². The predicted octanol–water partition coefficient (Wildman–Crippen LogP) is 1.45. The van der Waals surface area contributed by atoms with Crippen LogP contribution in [0.1, 0.15) is 18.5 Å². The molecule has 3 heteroatoms. The number of aromatic nitrogens is 1.